The number of carbonyl (C=O) groups excluding carboxylic acids is 1. The lowest BCUT2D eigenvalue weighted by Gasteiger charge is -2.20. The van der Waals surface area contributed by atoms with E-state index in [1.807, 2.05) is 13.8 Å². The Morgan fingerprint density at radius 2 is 2.31 bits per heavy atom. The average molecular weight is 231 g/mol. The fourth-order valence-corrected chi connectivity index (χ4v) is 1.61. The minimum atomic E-state index is -0.398. The van der Waals surface area contributed by atoms with Gasteiger partial charge in [0.25, 0.3) is 0 Å². The van der Waals surface area contributed by atoms with Gasteiger partial charge in [0.1, 0.15) is 6.04 Å². The number of methoxy groups -OCH3 is 1. The predicted molar refractivity (Wildman–Crippen MR) is 59.3 cm³/mol. The van der Waals surface area contributed by atoms with Crippen molar-refractivity contribution in [3.05, 3.63) is 0 Å². The van der Waals surface area contributed by atoms with E-state index >= 15 is 0 Å². The summed E-state index contributed by atoms with van der Waals surface area (Å²) in [6.45, 7) is 5.66. The van der Waals surface area contributed by atoms with Crippen LogP contribution in [-0.2, 0) is 19.0 Å². The van der Waals surface area contributed by atoms with E-state index in [0.29, 0.717) is 13.2 Å². The molecule has 1 heterocycles. The van der Waals surface area contributed by atoms with Crippen LogP contribution in [0.3, 0.4) is 0 Å². The van der Waals surface area contributed by atoms with Gasteiger partial charge in [0.2, 0.25) is 0 Å². The first-order valence-electron chi connectivity index (χ1n) is 5.66. The van der Waals surface area contributed by atoms with Gasteiger partial charge in [0, 0.05) is 12.6 Å². The summed E-state index contributed by atoms with van der Waals surface area (Å²) in [7, 11) is 1.38. The first-order valence-corrected chi connectivity index (χ1v) is 5.66. The van der Waals surface area contributed by atoms with Gasteiger partial charge in [-0.2, -0.15) is 0 Å². The monoisotopic (exact) mass is 231 g/mol. The molecule has 5 nitrogen and oxygen atoms in total. The fraction of sp³-hybridized carbons (Fsp3) is 0.909. The van der Waals surface area contributed by atoms with Crippen LogP contribution in [0, 0.1) is 0 Å². The summed E-state index contributed by atoms with van der Waals surface area (Å²) in [5, 5.41) is 3.11. The molecule has 94 valence electrons. The van der Waals surface area contributed by atoms with E-state index in [9.17, 15) is 4.79 Å². The summed E-state index contributed by atoms with van der Waals surface area (Å²) in [5.74, 6) is -0.285. The number of rotatable bonds is 6. The van der Waals surface area contributed by atoms with Crippen molar-refractivity contribution in [1.82, 2.24) is 5.32 Å². The average Bonchev–Trinajstić information content (AvgIpc) is 2.75. The molecule has 5 heteroatoms. The minimum Gasteiger partial charge on any atom is -0.468 e. The van der Waals surface area contributed by atoms with Crippen molar-refractivity contribution < 1.29 is 19.0 Å². The number of nitrogens with one attached hydrogen (secondary N) is 1. The Balaban J connectivity index is 2.33. The first-order chi connectivity index (χ1) is 7.63. The van der Waals surface area contributed by atoms with Crippen LogP contribution in [0.1, 0.15) is 20.3 Å². The third-order valence-electron chi connectivity index (χ3n) is 2.41. The van der Waals surface area contributed by atoms with Crippen molar-refractivity contribution in [1.29, 1.82) is 0 Å². The van der Waals surface area contributed by atoms with E-state index in [1.165, 1.54) is 7.11 Å². The molecule has 1 N–H and O–H groups in total. The van der Waals surface area contributed by atoms with E-state index in [4.69, 9.17) is 14.2 Å². The highest BCUT2D eigenvalue weighted by molar-refractivity contribution is 5.75. The maximum Gasteiger partial charge on any atom is 0.325 e. The normalized spacial score (nSPS) is 22.4. The van der Waals surface area contributed by atoms with Crippen LogP contribution in [0.4, 0.5) is 0 Å². The van der Waals surface area contributed by atoms with Crippen molar-refractivity contribution in [2.24, 2.45) is 0 Å². The van der Waals surface area contributed by atoms with Gasteiger partial charge in [-0.25, -0.2) is 0 Å². The van der Waals surface area contributed by atoms with Gasteiger partial charge in [-0.15, -0.1) is 0 Å². The molecule has 1 aliphatic rings. The molecular formula is C11H21NO4. The molecule has 1 saturated heterocycles. The number of esters is 1. The number of carbonyl (C=O) groups is 1. The molecule has 2 atom stereocenters. The second-order valence-corrected chi connectivity index (χ2v) is 4.22. The van der Waals surface area contributed by atoms with Crippen LogP contribution in [0.2, 0.25) is 0 Å². The van der Waals surface area contributed by atoms with Crippen LogP contribution in [0.25, 0.3) is 0 Å². The van der Waals surface area contributed by atoms with Crippen LogP contribution < -0.4 is 5.32 Å². The van der Waals surface area contributed by atoms with Crippen molar-refractivity contribution in [2.45, 2.75) is 38.5 Å². The van der Waals surface area contributed by atoms with Crippen LogP contribution >= 0.6 is 0 Å². The zero-order chi connectivity index (χ0) is 12.0. The molecule has 0 aromatic rings. The van der Waals surface area contributed by atoms with Gasteiger partial charge in [-0.1, -0.05) is 13.8 Å². The fourth-order valence-electron chi connectivity index (χ4n) is 1.61. The molecule has 0 amide bonds. The Bertz CT molecular complexity index is 214. The van der Waals surface area contributed by atoms with E-state index in [-0.39, 0.29) is 18.1 Å². The Hall–Kier alpha value is -0.650. The quantitative estimate of drug-likeness (QED) is 0.668. The molecule has 0 radical (unpaired) electrons. The molecule has 0 bridgehead atoms. The molecule has 0 aliphatic carbocycles. The predicted octanol–water partition coefficient (Wildman–Crippen LogP) is 0.331. The number of hydrogen-bond donors (Lipinski definition) is 1. The van der Waals surface area contributed by atoms with E-state index in [0.717, 1.165) is 13.0 Å². The molecule has 1 rings (SSSR count). The molecule has 2 unspecified atom stereocenters. The molecule has 1 aliphatic heterocycles. The third-order valence-corrected chi connectivity index (χ3v) is 2.41. The summed E-state index contributed by atoms with van der Waals surface area (Å²) in [6, 6.07) is -0.182. The highest BCUT2D eigenvalue weighted by atomic mass is 16.6. The smallest absolute Gasteiger partial charge is 0.325 e. The van der Waals surface area contributed by atoms with Crippen molar-refractivity contribution in [3.63, 3.8) is 0 Å². The zero-order valence-electron chi connectivity index (χ0n) is 10.2. The SMILES string of the molecule is COC(=O)C(COC1CCOC1)NC(C)C. The van der Waals surface area contributed by atoms with Gasteiger partial charge >= 0.3 is 5.97 Å². The largest absolute Gasteiger partial charge is 0.468 e. The van der Waals surface area contributed by atoms with Gasteiger partial charge in [-0.3, -0.25) is 4.79 Å². The highest BCUT2D eigenvalue weighted by Gasteiger charge is 2.23. The van der Waals surface area contributed by atoms with Crippen LogP contribution in [-0.4, -0.2) is 51.1 Å². The van der Waals surface area contributed by atoms with Crippen molar-refractivity contribution in [3.8, 4) is 0 Å². The minimum absolute atomic E-state index is 0.112. The molecule has 1 fully saturated rings. The Morgan fingerprint density at radius 3 is 2.81 bits per heavy atom. The Labute approximate surface area is 96.4 Å². The van der Waals surface area contributed by atoms with Crippen molar-refractivity contribution >= 4 is 5.97 Å². The van der Waals surface area contributed by atoms with Crippen LogP contribution in [0.5, 0.6) is 0 Å². The summed E-state index contributed by atoms with van der Waals surface area (Å²) in [6.07, 6.45) is 1.01. The molecule has 0 aromatic carbocycles. The summed E-state index contributed by atoms with van der Waals surface area (Å²) < 4.78 is 15.5. The maximum absolute atomic E-state index is 11.5. The van der Waals surface area contributed by atoms with E-state index in [2.05, 4.69) is 5.32 Å². The zero-order valence-corrected chi connectivity index (χ0v) is 10.2. The lowest BCUT2D eigenvalue weighted by Crippen LogP contribution is -2.45. The van der Waals surface area contributed by atoms with Gasteiger partial charge in [0.15, 0.2) is 0 Å². The second kappa shape index (κ2) is 6.83. The topological polar surface area (TPSA) is 56.8 Å². The summed E-state index contributed by atoms with van der Waals surface area (Å²) >= 11 is 0. The van der Waals surface area contributed by atoms with Gasteiger partial charge < -0.3 is 19.5 Å². The van der Waals surface area contributed by atoms with E-state index < -0.39 is 6.04 Å². The summed E-state index contributed by atoms with van der Waals surface area (Å²) in [5.41, 5.74) is 0. The Kier molecular flexibility index (Phi) is 5.73. The standard InChI is InChI=1S/C11H21NO4/c1-8(2)12-10(11(13)14-3)7-16-9-4-5-15-6-9/h8-10,12H,4-7H2,1-3H3. The third kappa shape index (κ3) is 4.47. The second-order valence-electron chi connectivity index (χ2n) is 4.22. The van der Waals surface area contributed by atoms with Gasteiger partial charge in [-0.05, 0) is 6.42 Å². The number of ether oxygens (including phenoxy) is 3. The highest BCUT2D eigenvalue weighted by Crippen LogP contribution is 2.08. The molecule has 0 spiro atoms. The first kappa shape index (κ1) is 13.4. The summed E-state index contributed by atoms with van der Waals surface area (Å²) in [4.78, 5) is 11.5. The molecular weight excluding hydrogens is 210 g/mol. The van der Waals surface area contributed by atoms with Crippen LogP contribution in [0.15, 0.2) is 0 Å². The lowest BCUT2D eigenvalue weighted by atomic mass is 10.2. The maximum atomic E-state index is 11.5. The number of hydrogen-bond acceptors (Lipinski definition) is 5. The lowest BCUT2D eigenvalue weighted by molar-refractivity contribution is -0.145. The van der Waals surface area contributed by atoms with Crippen molar-refractivity contribution in [2.75, 3.05) is 26.9 Å². The molecule has 0 aromatic heterocycles. The molecule has 0 saturated carbocycles. The van der Waals surface area contributed by atoms with Gasteiger partial charge in [0.05, 0.1) is 26.4 Å². The Morgan fingerprint density at radius 1 is 1.56 bits per heavy atom. The molecule has 16 heavy (non-hydrogen) atoms. The van der Waals surface area contributed by atoms with E-state index in [1.54, 1.807) is 0 Å².